The second-order valence-electron chi connectivity index (χ2n) is 6.76. The number of guanidine groups is 1. The van der Waals surface area contributed by atoms with E-state index in [-0.39, 0.29) is 12.6 Å². The molecule has 27 heavy (non-hydrogen) atoms. The van der Waals surface area contributed by atoms with Crippen molar-refractivity contribution in [3.05, 3.63) is 71.8 Å². The van der Waals surface area contributed by atoms with Gasteiger partial charge in [0.25, 0.3) is 0 Å². The minimum absolute atomic E-state index is 0.117. The Morgan fingerprint density at radius 3 is 2.33 bits per heavy atom. The van der Waals surface area contributed by atoms with E-state index in [0.29, 0.717) is 19.0 Å². The standard InChI is InChI=1S/C22H31N3O2/c1-4-23-21(25-18(2)16-27-3)24-17-22(26,20-13-9-6-10-14-20)15-19-11-7-5-8-12-19/h5-14,18,26H,4,15-17H2,1-3H3,(H2,23,24,25). The number of aliphatic hydroxyl groups is 1. The summed E-state index contributed by atoms with van der Waals surface area (Å²) in [6.07, 6.45) is 0.494. The monoisotopic (exact) mass is 369 g/mol. The zero-order valence-electron chi connectivity index (χ0n) is 16.5. The van der Waals surface area contributed by atoms with Crippen LogP contribution in [0.5, 0.6) is 0 Å². The van der Waals surface area contributed by atoms with Crippen molar-refractivity contribution < 1.29 is 9.84 Å². The predicted octanol–water partition coefficient (Wildman–Crippen LogP) is 2.71. The summed E-state index contributed by atoms with van der Waals surface area (Å²) >= 11 is 0. The van der Waals surface area contributed by atoms with E-state index in [1.54, 1.807) is 7.11 Å². The van der Waals surface area contributed by atoms with Gasteiger partial charge in [-0.15, -0.1) is 0 Å². The first kappa shape index (κ1) is 20.9. The molecule has 5 heteroatoms. The molecule has 0 saturated heterocycles. The Morgan fingerprint density at radius 1 is 1.11 bits per heavy atom. The second-order valence-corrected chi connectivity index (χ2v) is 6.76. The van der Waals surface area contributed by atoms with Gasteiger partial charge >= 0.3 is 0 Å². The summed E-state index contributed by atoms with van der Waals surface area (Å²) in [5.74, 6) is 0.671. The van der Waals surface area contributed by atoms with Crippen molar-refractivity contribution in [3.63, 3.8) is 0 Å². The van der Waals surface area contributed by atoms with Crippen LogP contribution in [-0.2, 0) is 16.8 Å². The molecule has 0 aliphatic rings. The lowest BCUT2D eigenvalue weighted by molar-refractivity contribution is 0.0466. The van der Waals surface area contributed by atoms with Crippen molar-refractivity contribution in [1.29, 1.82) is 0 Å². The van der Waals surface area contributed by atoms with Crippen molar-refractivity contribution in [1.82, 2.24) is 10.6 Å². The van der Waals surface area contributed by atoms with Crippen LogP contribution in [0.15, 0.2) is 65.7 Å². The molecule has 5 nitrogen and oxygen atoms in total. The fourth-order valence-electron chi connectivity index (χ4n) is 2.99. The number of rotatable bonds is 9. The molecule has 146 valence electrons. The molecule has 2 rings (SSSR count). The summed E-state index contributed by atoms with van der Waals surface area (Å²) in [5.41, 5.74) is 0.846. The zero-order chi connectivity index (χ0) is 19.5. The third-order valence-electron chi connectivity index (χ3n) is 4.29. The highest BCUT2D eigenvalue weighted by Gasteiger charge is 2.29. The summed E-state index contributed by atoms with van der Waals surface area (Å²) in [6, 6.07) is 19.9. The Bertz CT molecular complexity index is 691. The summed E-state index contributed by atoms with van der Waals surface area (Å²) in [7, 11) is 1.68. The molecule has 2 atom stereocenters. The number of ether oxygens (including phenoxy) is 1. The average Bonchev–Trinajstić information content (AvgIpc) is 2.68. The number of benzene rings is 2. The first-order valence-corrected chi connectivity index (χ1v) is 9.43. The third kappa shape index (κ3) is 6.70. The first-order chi connectivity index (χ1) is 13.1. The van der Waals surface area contributed by atoms with E-state index < -0.39 is 5.60 Å². The minimum Gasteiger partial charge on any atom is -0.383 e. The molecule has 0 heterocycles. The van der Waals surface area contributed by atoms with Crippen molar-refractivity contribution >= 4 is 5.96 Å². The van der Waals surface area contributed by atoms with Crippen molar-refractivity contribution in [3.8, 4) is 0 Å². The molecule has 2 unspecified atom stereocenters. The normalized spacial score (nSPS) is 15.0. The van der Waals surface area contributed by atoms with Gasteiger partial charge < -0.3 is 20.5 Å². The smallest absolute Gasteiger partial charge is 0.191 e. The Hall–Kier alpha value is -2.37. The van der Waals surface area contributed by atoms with Crippen LogP contribution in [0.3, 0.4) is 0 Å². The molecule has 0 spiro atoms. The van der Waals surface area contributed by atoms with Crippen LogP contribution in [0, 0.1) is 0 Å². The Labute approximate surface area is 162 Å². The topological polar surface area (TPSA) is 65.9 Å². The first-order valence-electron chi connectivity index (χ1n) is 9.43. The SMILES string of the molecule is CCNC(=NCC(O)(Cc1ccccc1)c1ccccc1)NC(C)COC. The molecule has 0 aromatic heterocycles. The molecule has 3 N–H and O–H groups in total. The van der Waals surface area contributed by atoms with E-state index in [1.807, 2.05) is 74.5 Å². The van der Waals surface area contributed by atoms with Crippen LogP contribution in [0.25, 0.3) is 0 Å². The predicted molar refractivity (Wildman–Crippen MR) is 111 cm³/mol. The fraction of sp³-hybridized carbons (Fsp3) is 0.409. The molecule has 0 bridgehead atoms. The molecule has 0 aliphatic carbocycles. The zero-order valence-corrected chi connectivity index (χ0v) is 16.5. The Kier molecular flexibility index (Phi) is 8.30. The Balaban J connectivity index is 2.24. The highest BCUT2D eigenvalue weighted by molar-refractivity contribution is 5.80. The Morgan fingerprint density at radius 2 is 1.74 bits per heavy atom. The van der Waals surface area contributed by atoms with Crippen LogP contribution >= 0.6 is 0 Å². The quantitative estimate of drug-likeness (QED) is 0.470. The summed E-state index contributed by atoms with van der Waals surface area (Å²) < 4.78 is 5.18. The van der Waals surface area contributed by atoms with Gasteiger partial charge in [-0.1, -0.05) is 60.7 Å². The summed E-state index contributed by atoms with van der Waals surface area (Å²) in [4.78, 5) is 4.67. The lowest BCUT2D eigenvalue weighted by Crippen LogP contribution is -2.45. The summed E-state index contributed by atoms with van der Waals surface area (Å²) in [6.45, 7) is 5.63. The molecule has 0 fully saturated rings. The fourth-order valence-corrected chi connectivity index (χ4v) is 2.99. The minimum atomic E-state index is -1.09. The van der Waals surface area contributed by atoms with Gasteiger partial charge in [-0.3, -0.25) is 0 Å². The van der Waals surface area contributed by atoms with Gasteiger partial charge in [0.2, 0.25) is 0 Å². The van der Waals surface area contributed by atoms with Gasteiger partial charge in [-0.05, 0) is 25.0 Å². The number of hydrogen-bond donors (Lipinski definition) is 3. The van der Waals surface area contributed by atoms with Crippen LogP contribution in [0.4, 0.5) is 0 Å². The van der Waals surface area contributed by atoms with Crippen molar-refractivity contribution in [2.75, 3.05) is 26.8 Å². The third-order valence-corrected chi connectivity index (χ3v) is 4.29. The van der Waals surface area contributed by atoms with E-state index in [2.05, 4.69) is 15.6 Å². The van der Waals surface area contributed by atoms with E-state index in [1.165, 1.54) is 0 Å². The lowest BCUT2D eigenvalue weighted by Gasteiger charge is -2.28. The number of hydrogen-bond acceptors (Lipinski definition) is 3. The molecular weight excluding hydrogens is 338 g/mol. The number of nitrogens with one attached hydrogen (secondary N) is 2. The van der Waals surface area contributed by atoms with E-state index in [4.69, 9.17) is 4.74 Å². The van der Waals surface area contributed by atoms with Gasteiger partial charge in [0, 0.05) is 26.1 Å². The number of aliphatic imine (C=N–C) groups is 1. The van der Waals surface area contributed by atoms with Crippen LogP contribution in [-0.4, -0.2) is 43.9 Å². The van der Waals surface area contributed by atoms with Gasteiger partial charge in [0.1, 0.15) is 5.60 Å². The van der Waals surface area contributed by atoms with Crippen molar-refractivity contribution in [2.45, 2.75) is 31.9 Å². The molecule has 2 aromatic carbocycles. The average molecular weight is 370 g/mol. The summed E-state index contributed by atoms with van der Waals surface area (Å²) in [5, 5.41) is 18.0. The maximum atomic E-state index is 11.5. The van der Waals surface area contributed by atoms with Gasteiger partial charge in [-0.25, -0.2) is 4.99 Å². The largest absolute Gasteiger partial charge is 0.383 e. The highest BCUT2D eigenvalue weighted by Crippen LogP contribution is 2.26. The molecule has 2 aromatic rings. The maximum Gasteiger partial charge on any atom is 0.191 e. The molecule has 0 aliphatic heterocycles. The van der Waals surface area contributed by atoms with Crippen molar-refractivity contribution in [2.24, 2.45) is 4.99 Å². The molecule has 0 saturated carbocycles. The molecule has 0 radical (unpaired) electrons. The van der Waals surface area contributed by atoms with E-state index in [0.717, 1.165) is 17.7 Å². The van der Waals surface area contributed by atoms with Crippen LogP contribution in [0.2, 0.25) is 0 Å². The highest BCUT2D eigenvalue weighted by atomic mass is 16.5. The van der Waals surface area contributed by atoms with E-state index in [9.17, 15) is 5.11 Å². The molecular formula is C22H31N3O2. The van der Waals surface area contributed by atoms with Gasteiger partial charge in [0.15, 0.2) is 5.96 Å². The van der Waals surface area contributed by atoms with Crippen LogP contribution in [0.1, 0.15) is 25.0 Å². The second kappa shape index (κ2) is 10.7. The van der Waals surface area contributed by atoms with Crippen LogP contribution < -0.4 is 10.6 Å². The lowest BCUT2D eigenvalue weighted by atomic mass is 9.87. The van der Waals surface area contributed by atoms with Gasteiger partial charge in [-0.2, -0.15) is 0 Å². The van der Waals surface area contributed by atoms with E-state index >= 15 is 0 Å². The maximum absolute atomic E-state index is 11.5. The van der Waals surface area contributed by atoms with Gasteiger partial charge in [0.05, 0.1) is 13.2 Å². The number of methoxy groups -OCH3 is 1. The number of nitrogens with zero attached hydrogens (tertiary/aromatic N) is 1. The molecule has 0 amide bonds.